The summed E-state index contributed by atoms with van der Waals surface area (Å²) in [5.74, 6) is -4.78. The molecule has 0 aliphatic heterocycles. The molecule has 0 fully saturated rings. The Bertz CT molecular complexity index is 1680. The van der Waals surface area contributed by atoms with E-state index in [0.29, 0.717) is 69.9 Å². The minimum atomic E-state index is -1.29. The standard InChI is InChI=1S/C52H91N7O13/c1-5-6-7-8-9-10-11-12-13-14-15-16-17-23-48(63)58-45(51(67)68)24-25-47(62)56-27-29-70-31-33-72-38-43(60)22-20-28-69-30-32-71-37-40(2)55-26-19-18-21-41(50(65)66)34-46(61)52(3,4)59-49(64)44(53)35-42-36-54-39-57-42/h36,39,41,44-45,55H,2,5-35,37-38,53H2,1,3-4H3,(H,54,57)(H,56,62)(H,58,63)(H,59,64)(H,65,66)(H,67,68)/t41-,44+,45+/m1/s1. The van der Waals surface area contributed by atoms with Crippen LogP contribution in [0.1, 0.15) is 168 Å². The normalized spacial score (nSPS) is 12.7. The van der Waals surface area contributed by atoms with Gasteiger partial charge in [-0.1, -0.05) is 97.0 Å². The summed E-state index contributed by atoms with van der Waals surface area (Å²) in [6, 6.07) is -2.03. The Morgan fingerprint density at radius 2 is 1.29 bits per heavy atom. The highest BCUT2D eigenvalue weighted by Crippen LogP contribution is 2.19. The van der Waals surface area contributed by atoms with E-state index in [0.717, 1.165) is 19.3 Å². The molecule has 0 spiro atoms. The molecule has 3 atom stereocenters. The van der Waals surface area contributed by atoms with Crippen molar-refractivity contribution < 1.29 is 62.7 Å². The zero-order valence-corrected chi connectivity index (χ0v) is 43.8. The van der Waals surface area contributed by atoms with E-state index >= 15 is 0 Å². The second kappa shape index (κ2) is 41.7. The van der Waals surface area contributed by atoms with Gasteiger partial charge in [-0.2, -0.15) is 0 Å². The highest BCUT2D eigenvalue weighted by atomic mass is 16.5. The number of hydrogen-bond donors (Lipinski definition) is 8. The Balaban J connectivity index is 2.00. The Kier molecular flexibility index (Phi) is 37.8. The van der Waals surface area contributed by atoms with Gasteiger partial charge in [0.05, 0.1) is 63.5 Å². The van der Waals surface area contributed by atoms with Crippen LogP contribution in [0.4, 0.5) is 0 Å². The summed E-state index contributed by atoms with van der Waals surface area (Å²) in [7, 11) is 0. The maximum absolute atomic E-state index is 13.0. The van der Waals surface area contributed by atoms with Gasteiger partial charge in [0.1, 0.15) is 12.6 Å². The number of Topliss-reactive ketones (excluding diaryl/α,β-unsaturated/α-hetero) is 2. The van der Waals surface area contributed by atoms with E-state index in [1.807, 2.05) is 0 Å². The molecule has 1 aromatic rings. The summed E-state index contributed by atoms with van der Waals surface area (Å²) in [6.07, 6.45) is 21.1. The molecule has 0 aliphatic rings. The zero-order chi connectivity index (χ0) is 53.2. The number of aromatic amines is 1. The Morgan fingerprint density at radius 1 is 0.681 bits per heavy atom. The van der Waals surface area contributed by atoms with Crippen LogP contribution in [0.5, 0.6) is 0 Å². The van der Waals surface area contributed by atoms with E-state index in [-0.39, 0.29) is 95.7 Å². The fraction of sp³-hybridized carbons (Fsp3) is 0.769. The molecule has 72 heavy (non-hydrogen) atoms. The lowest BCUT2D eigenvalue weighted by molar-refractivity contribution is -0.145. The predicted molar refractivity (Wildman–Crippen MR) is 274 cm³/mol. The first-order valence-electron chi connectivity index (χ1n) is 26.4. The molecule has 0 aromatic carbocycles. The van der Waals surface area contributed by atoms with E-state index in [1.54, 1.807) is 6.20 Å². The molecule has 20 heteroatoms. The number of amides is 3. The van der Waals surface area contributed by atoms with Crippen molar-refractivity contribution in [2.75, 3.05) is 65.9 Å². The van der Waals surface area contributed by atoms with Crippen LogP contribution in [0.3, 0.4) is 0 Å². The van der Waals surface area contributed by atoms with Crippen LogP contribution >= 0.6 is 0 Å². The largest absolute Gasteiger partial charge is 0.481 e. The van der Waals surface area contributed by atoms with E-state index in [2.05, 4.69) is 44.7 Å². The van der Waals surface area contributed by atoms with Gasteiger partial charge in [0.15, 0.2) is 11.6 Å². The van der Waals surface area contributed by atoms with Gasteiger partial charge in [-0.3, -0.25) is 28.8 Å². The van der Waals surface area contributed by atoms with Gasteiger partial charge in [0, 0.05) is 69.4 Å². The zero-order valence-electron chi connectivity index (χ0n) is 43.8. The van der Waals surface area contributed by atoms with E-state index < -0.39 is 47.2 Å². The average molecular weight is 1020 g/mol. The molecule has 0 saturated heterocycles. The predicted octanol–water partition coefficient (Wildman–Crippen LogP) is 5.47. The maximum atomic E-state index is 13.0. The van der Waals surface area contributed by atoms with Crippen LogP contribution in [0.2, 0.25) is 0 Å². The first-order chi connectivity index (χ1) is 34.5. The number of ketones is 2. The average Bonchev–Trinajstić information content (AvgIpc) is 3.85. The highest BCUT2D eigenvalue weighted by Gasteiger charge is 2.34. The van der Waals surface area contributed by atoms with Gasteiger partial charge in [0.2, 0.25) is 17.7 Å². The van der Waals surface area contributed by atoms with Crippen molar-refractivity contribution in [1.29, 1.82) is 0 Å². The first kappa shape index (κ1) is 65.3. The van der Waals surface area contributed by atoms with E-state index in [1.165, 1.54) is 78.0 Å². The van der Waals surface area contributed by atoms with Gasteiger partial charge < -0.3 is 61.1 Å². The highest BCUT2D eigenvalue weighted by molar-refractivity contribution is 5.95. The number of unbranched alkanes of at least 4 members (excludes halogenated alkanes) is 13. The first-order valence-corrected chi connectivity index (χ1v) is 26.4. The molecule has 0 aliphatic carbocycles. The smallest absolute Gasteiger partial charge is 0.326 e. The second-order valence-electron chi connectivity index (χ2n) is 19.0. The number of nitrogens with one attached hydrogen (secondary N) is 5. The molecule has 0 bridgehead atoms. The molecule has 9 N–H and O–H groups in total. The molecule has 412 valence electrons. The number of aliphatic carboxylic acids is 2. The summed E-state index contributed by atoms with van der Waals surface area (Å²) in [6.45, 7) is 11.9. The second-order valence-corrected chi connectivity index (χ2v) is 19.0. The summed E-state index contributed by atoms with van der Waals surface area (Å²) >= 11 is 0. The lowest BCUT2D eigenvalue weighted by atomic mass is 9.88. The number of carbonyl (C=O) groups is 7. The number of ether oxygens (including phenoxy) is 4. The summed E-state index contributed by atoms with van der Waals surface area (Å²) < 4.78 is 21.9. The van der Waals surface area contributed by atoms with Crippen molar-refractivity contribution in [1.82, 2.24) is 31.2 Å². The van der Waals surface area contributed by atoms with Crippen LogP contribution in [0.15, 0.2) is 24.8 Å². The third-order valence-corrected chi connectivity index (χ3v) is 12.0. The summed E-state index contributed by atoms with van der Waals surface area (Å²) in [5, 5.41) is 30.3. The molecule has 1 heterocycles. The van der Waals surface area contributed by atoms with Crippen molar-refractivity contribution in [3.8, 4) is 0 Å². The van der Waals surface area contributed by atoms with Crippen molar-refractivity contribution in [2.24, 2.45) is 11.7 Å². The third kappa shape index (κ3) is 35.4. The third-order valence-electron chi connectivity index (χ3n) is 12.0. The maximum Gasteiger partial charge on any atom is 0.326 e. The fourth-order valence-corrected chi connectivity index (χ4v) is 7.54. The minimum absolute atomic E-state index is 0.0129. The Morgan fingerprint density at radius 3 is 1.90 bits per heavy atom. The lowest BCUT2D eigenvalue weighted by Crippen LogP contribution is -2.55. The van der Waals surface area contributed by atoms with E-state index in [4.69, 9.17) is 24.7 Å². The van der Waals surface area contributed by atoms with Gasteiger partial charge in [0.25, 0.3) is 0 Å². The number of carboxylic acids is 2. The van der Waals surface area contributed by atoms with Gasteiger partial charge >= 0.3 is 11.9 Å². The van der Waals surface area contributed by atoms with Crippen LogP contribution in [-0.4, -0.2) is 145 Å². The number of nitrogens with two attached hydrogens (primary N) is 1. The molecule has 0 radical (unpaired) electrons. The fourth-order valence-electron chi connectivity index (χ4n) is 7.54. The number of rotatable bonds is 50. The SMILES string of the molecule is C=C(COCCOCCCC(=O)COCCOCCNC(=O)CC[C@H](NC(=O)CCCCCCCCCCCCCCC)C(=O)O)NCCCC[C@H](CC(=O)C(C)(C)NC(=O)[C@@H](N)Cc1cnc[nH]1)C(=O)O. The Labute approximate surface area is 428 Å². The van der Waals surface area contributed by atoms with Crippen molar-refractivity contribution >= 4 is 41.2 Å². The van der Waals surface area contributed by atoms with E-state index in [9.17, 15) is 43.8 Å². The molecule has 0 unspecified atom stereocenters. The van der Waals surface area contributed by atoms with Crippen LogP contribution in [0.25, 0.3) is 0 Å². The molecule has 0 saturated carbocycles. The minimum Gasteiger partial charge on any atom is -0.481 e. The van der Waals surface area contributed by atoms with Crippen molar-refractivity contribution in [3.05, 3.63) is 30.5 Å². The summed E-state index contributed by atoms with van der Waals surface area (Å²) in [5.41, 5.74) is 6.03. The number of carbonyl (C=O) groups excluding carboxylic acids is 5. The molecule has 1 rings (SSSR count). The monoisotopic (exact) mass is 1020 g/mol. The van der Waals surface area contributed by atoms with Gasteiger partial charge in [-0.25, -0.2) is 9.78 Å². The molecular formula is C52H91N7O13. The summed E-state index contributed by atoms with van der Waals surface area (Å²) in [4.78, 5) is 92.7. The lowest BCUT2D eigenvalue weighted by Gasteiger charge is -2.27. The van der Waals surface area contributed by atoms with Crippen LogP contribution in [0, 0.1) is 5.92 Å². The number of hydrogen-bond acceptors (Lipinski definition) is 14. The molecule has 3 amide bonds. The molecular weight excluding hydrogens is 931 g/mol. The molecule has 20 nitrogen and oxygen atoms in total. The Hall–Kier alpha value is -4.76. The molecule has 1 aromatic heterocycles. The number of nitrogens with zero attached hydrogens (tertiary/aromatic N) is 1. The number of imidazole rings is 1. The van der Waals surface area contributed by atoms with Gasteiger partial charge in [-0.05, 0) is 46.0 Å². The topological polar surface area (TPSA) is 300 Å². The number of H-pyrrole nitrogens is 1. The quantitative estimate of drug-likeness (QED) is 0.0375. The van der Waals surface area contributed by atoms with Crippen molar-refractivity contribution in [3.63, 3.8) is 0 Å². The van der Waals surface area contributed by atoms with Crippen molar-refractivity contribution in [2.45, 2.75) is 186 Å². The van der Waals surface area contributed by atoms with Gasteiger partial charge in [-0.15, -0.1) is 0 Å². The van der Waals surface area contributed by atoms with Crippen LogP contribution < -0.4 is 27.0 Å². The van der Waals surface area contributed by atoms with Crippen LogP contribution in [-0.2, 0) is 58.9 Å². The number of carboxylic acid groups (broad SMARTS) is 2. The number of aromatic nitrogens is 2.